The molecular weight excluding hydrogens is 390 g/mol. The lowest BCUT2D eigenvalue weighted by Gasteiger charge is -2.22. The lowest BCUT2D eigenvalue weighted by atomic mass is 9.87. The van der Waals surface area contributed by atoms with Crippen LogP contribution in [0.15, 0.2) is 53.4 Å². The normalized spacial score (nSPS) is 15.1. The number of nitrogens with one attached hydrogen (secondary N) is 1. The van der Waals surface area contributed by atoms with Crippen LogP contribution in [-0.2, 0) is 10.0 Å². The van der Waals surface area contributed by atoms with Crippen molar-refractivity contribution in [2.75, 3.05) is 23.2 Å². The lowest BCUT2D eigenvalue weighted by Crippen LogP contribution is -2.26. The van der Waals surface area contributed by atoms with Gasteiger partial charge in [0.1, 0.15) is 5.69 Å². The molecule has 1 aliphatic rings. The summed E-state index contributed by atoms with van der Waals surface area (Å²) in [5, 5.41) is 14.7. The Bertz CT molecular complexity index is 942. The van der Waals surface area contributed by atoms with Crippen LogP contribution < -0.4 is 9.62 Å². The predicted octanol–water partition coefficient (Wildman–Crippen LogP) is 4.80. The van der Waals surface area contributed by atoms with E-state index in [4.69, 9.17) is 0 Å². The largest absolute Gasteiger partial charge is 0.379 e. The minimum absolute atomic E-state index is 0.124. The standard InChI is InChI=1S/C21H27N3O4S/c1-23(29(27,28)19-10-6-3-7-11-19)18-12-13-20(21(16-18)24(25)26)22-15-14-17-8-4-2-5-9-17/h3,6-7,10-13,16-17,22H,2,4-5,8-9,14-15H2,1H3. The molecule has 1 aliphatic carbocycles. The highest BCUT2D eigenvalue weighted by Crippen LogP contribution is 2.32. The molecule has 1 saturated carbocycles. The monoisotopic (exact) mass is 417 g/mol. The highest BCUT2D eigenvalue weighted by molar-refractivity contribution is 7.92. The number of sulfonamides is 1. The molecule has 1 N–H and O–H groups in total. The van der Waals surface area contributed by atoms with E-state index >= 15 is 0 Å². The van der Waals surface area contributed by atoms with E-state index in [9.17, 15) is 18.5 Å². The van der Waals surface area contributed by atoms with Gasteiger partial charge in [0.05, 0.1) is 15.5 Å². The maximum Gasteiger partial charge on any atom is 0.294 e. The molecule has 29 heavy (non-hydrogen) atoms. The van der Waals surface area contributed by atoms with Gasteiger partial charge in [0, 0.05) is 19.7 Å². The minimum atomic E-state index is -3.79. The van der Waals surface area contributed by atoms with Crippen molar-refractivity contribution in [3.8, 4) is 0 Å². The minimum Gasteiger partial charge on any atom is -0.379 e. The molecule has 0 amide bonds. The van der Waals surface area contributed by atoms with Gasteiger partial charge in [0.25, 0.3) is 15.7 Å². The van der Waals surface area contributed by atoms with E-state index in [-0.39, 0.29) is 16.3 Å². The molecule has 0 aromatic heterocycles. The molecular formula is C21H27N3O4S. The molecule has 1 fully saturated rings. The molecule has 2 aromatic rings. The van der Waals surface area contributed by atoms with E-state index in [1.807, 2.05) is 0 Å². The van der Waals surface area contributed by atoms with Crippen molar-refractivity contribution in [2.45, 2.75) is 43.4 Å². The first-order chi connectivity index (χ1) is 13.9. The van der Waals surface area contributed by atoms with Crippen molar-refractivity contribution in [1.29, 1.82) is 0 Å². The maximum atomic E-state index is 12.8. The van der Waals surface area contributed by atoms with Crippen LogP contribution in [-0.4, -0.2) is 26.9 Å². The predicted molar refractivity (Wildman–Crippen MR) is 115 cm³/mol. The van der Waals surface area contributed by atoms with Gasteiger partial charge >= 0.3 is 0 Å². The Morgan fingerprint density at radius 3 is 2.45 bits per heavy atom. The highest BCUT2D eigenvalue weighted by atomic mass is 32.2. The van der Waals surface area contributed by atoms with Crippen LogP contribution >= 0.6 is 0 Å². The third kappa shape index (κ3) is 5.06. The fourth-order valence-electron chi connectivity index (χ4n) is 3.79. The molecule has 8 heteroatoms. The van der Waals surface area contributed by atoms with Crippen molar-refractivity contribution < 1.29 is 13.3 Å². The molecule has 0 spiro atoms. The van der Waals surface area contributed by atoms with Crippen LogP contribution in [0.4, 0.5) is 17.1 Å². The van der Waals surface area contributed by atoms with E-state index in [1.165, 1.54) is 57.4 Å². The van der Waals surface area contributed by atoms with Gasteiger partial charge in [-0.05, 0) is 36.6 Å². The summed E-state index contributed by atoms with van der Waals surface area (Å²) in [5.74, 6) is 0.678. The van der Waals surface area contributed by atoms with Gasteiger partial charge in [0.15, 0.2) is 0 Å². The average Bonchev–Trinajstić information content (AvgIpc) is 2.74. The number of nitrogens with zero attached hydrogens (tertiary/aromatic N) is 2. The first kappa shape index (κ1) is 21.1. The van der Waals surface area contributed by atoms with E-state index in [0.29, 0.717) is 18.2 Å². The first-order valence-electron chi connectivity index (χ1n) is 9.96. The average molecular weight is 418 g/mol. The van der Waals surface area contributed by atoms with Crippen LogP contribution in [0.1, 0.15) is 38.5 Å². The quantitative estimate of drug-likeness (QED) is 0.492. The molecule has 0 aliphatic heterocycles. The molecule has 0 saturated heterocycles. The van der Waals surface area contributed by atoms with Crippen LogP contribution in [0, 0.1) is 16.0 Å². The Balaban J connectivity index is 1.75. The summed E-state index contributed by atoms with van der Waals surface area (Å²) >= 11 is 0. The summed E-state index contributed by atoms with van der Waals surface area (Å²) in [5.41, 5.74) is 0.541. The van der Waals surface area contributed by atoms with Gasteiger partial charge in [0.2, 0.25) is 0 Å². The number of nitro benzene ring substituents is 1. The molecule has 0 bridgehead atoms. The number of hydrogen-bond acceptors (Lipinski definition) is 5. The zero-order valence-corrected chi connectivity index (χ0v) is 17.4. The number of nitro groups is 1. The van der Waals surface area contributed by atoms with Crippen LogP contribution in [0.3, 0.4) is 0 Å². The second-order valence-electron chi connectivity index (χ2n) is 7.46. The zero-order valence-electron chi connectivity index (χ0n) is 16.6. The maximum absolute atomic E-state index is 12.8. The van der Waals surface area contributed by atoms with Gasteiger partial charge in [-0.3, -0.25) is 14.4 Å². The smallest absolute Gasteiger partial charge is 0.294 e. The second kappa shape index (κ2) is 9.26. The number of anilines is 2. The summed E-state index contributed by atoms with van der Waals surface area (Å²) in [6.45, 7) is 0.670. The zero-order chi connectivity index (χ0) is 20.9. The number of rotatable bonds is 8. The molecule has 0 heterocycles. The van der Waals surface area contributed by atoms with Crippen LogP contribution in [0.25, 0.3) is 0 Å². The summed E-state index contributed by atoms with van der Waals surface area (Å²) in [6, 6.07) is 12.5. The van der Waals surface area contributed by atoms with Crippen LogP contribution in [0.2, 0.25) is 0 Å². The Kier molecular flexibility index (Phi) is 6.74. The Morgan fingerprint density at radius 2 is 1.79 bits per heavy atom. The van der Waals surface area contributed by atoms with Gasteiger partial charge in [-0.25, -0.2) is 8.42 Å². The van der Waals surface area contributed by atoms with E-state index in [0.717, 1.165) is 10.7 Å². The summed E-state index contributed by atoms with van der Waals surface area (Å²) in [4.78, 5) is 11.2. The summed E-state index contributed by atoms with van der Waals surface area (Å²) < 4.78 is 26.6. The van der Waals surface area contributed by atoms with Crippen molar-refractivity contribution in [1.82, 2.24) is 0 Å². The van der Waals surface area contributed by atoms with Crippen molar-refractivity contribution in [2.24, 2.45) is 5.92 Å². The van der Waals surface area contributed by atoms with Gasteiger partial charge in [-0.2, -0.15) is 0 Å². The molecule has 2 aromatic carbocycles. The Labute approximate surface area is 171 Å². The van der Waals surface area contributed by atoms with Crippen molar-refractivity contribution >= 4 is 27.1 Å². The lowest BCUT2D eigenvalue weighted by molar-refractivity contribution is -0.383. The highest BCUT2D eigenvalue weighted by Gasteiger charge is 2.24. The molecule has 156 valence electrons. The third-order valence-electron chi connectivity index (χ3n) is 5.54. The Morgan fingerprint density at radius 1 is 1.10 bits per heavy atom. The second-order valence-corrected chi connectivity index (χ2v) is 9.43. The Hall–Kier alpha value is -2.61. The van der Waals surface area contributed by atoms with Gasteiger partial charge < -0.3 is 5.32 Å². The van der Waals surface area contributed by atoms with Crippen molar-refractivity contribution in [3.63, 3.8) is 0 Å². The van der Waals surface area contributed by atoms with E-state index in [2.05, 4.69) is 5.32 Å². The van der Waals surface area contributed by atoms with Crippen LogP contribution in [0.5, 0.6) is 0 Å². The molecule has 0 unspecified atom stereocenters. The third-order valence-corrected chi connectivity index (χ3v) is 7.34. The fraction of sp³-hybridized carbons (Fsp3) is 0.429. The summed E-state index contributed by atoms with van der Waals surface area (Å²) in [7, 11) is -2.39. The molecule has 0 atom stereocenters. The van der Waals surface area contributed by atoms with Crippen molar-refractivity contribution in [3.05, 3.63) is 58.6 Å². The van der Waals surface area contributed by atoms with E-state index < -0.39 is 14.9 Å². The molecule has 0 radical (unpaired) electrons. The number of hydrogen-bond donors (Lipinski definition) is 1. The summed E-state index contributed by atoms with van der Waals surface area (Å²) in [6.07, 6.45) is 7.27. The van der Waals surface area contributed by atoms with Gasteiger partial charge in [-0.1, -0.05) is 50.3 Å². The van der Waals surface area contributed by atoms with Gasteiger partial charge in [-0.15, -0.1) is 0 Å². The van der Waals surface area contributed by atoms with E-state index in [1.54, 1.807) is 30.3 Å². The topological polar surface area (TPSA) is 92.5 Å². The SMILES string of the molecule is CN(c1ccc(NCCC2CCCCC2)c([N+](=O)[O-])c1)S(=O)(=O)c1ccccc1. The molecule has 7 nitrogen and oxygen atoms in total. The number of benzene rings is 2. The molecule has 3 rings (SSSR count). The fourth-order valence-corrected chi connectivity index (χ4v) is 5.00. The first-order valence-corrected chi connectivity index (χ1v) is 11.4.